The fourth-order valence-corrected chi connectivity index (χ4v) is 6.63. The molecule has 2 fully saturated rings. The Morgan fingerprint density at radius 1 is 0.292 bits per heavy atom. The van der Waals surface area contributed by atoms with Crippen molar-refractivity contribution in [1.82, 2.24) is 0 Å². The zero-order valence-electron chi connectivity index (χ0n) is 16.5. The van der Waals surface area contributed by atoms with Gasteiger partial charge in [0.05, 0.1) is 0 Å². The summed E-state index contributed by atoms with van der Waals surface area (Å²) >= 11 is 0. The highest BCUT2D eigenvalue weighted by Gasteiger charge is 2.17. The van der Waals surface area contributed by atoms with E-state index >= 15 is 0 Å². The Morgan fingerprint density at radius 3 is 0.750 bits per heavy atom. The summed E-state index contributed by atoms with van der Waals surface area (Å²) in [5.74, 6) is 0. The molecule has 0 heterocycles. The highest BCUT2D eigenvalue weighted by atomic mass is 31.1. The lowest BCUT2D eigenvalue weighted by Gasteiger charge is -2.24. The molecule has 0 unspecified atom stereocenters. The van der Waals surface area contributed by atoms with Crippen LogP contribution in [-0.2, 0) is 0 Å². The second-order valence-corrected chi connectivity index (χ2v) is 10.4. The minimum absolute atomic E-state index is 1.04. The molecule has 0 aliphatic heterocycles. The molecule has 24 heavy (non-hydrogen) atoms. The molecule has 0 spiro atoms. The predicted molar refractivity (Wildman–Crippen MR) is 111 cm³/mol. The molecule has 0 aromatic rings. The van der Waals surface area contributed by atoms with Gasteiger partial charge in [-0.15, -0.1) is 0 Å². The summed E-state index contributed by atoms with van der Waals surface area (Å²) in [6.45, 7) is 0. The first-order chi connectivity index (χ1) is 11.9. The minimum atomic E-state index is 1.04. The molecular formula is C23H44P. The van der Waals surface area contributed by atoms with Gasteiger partial charge in [-0.05, 0) is 37.0 Å². The summed E-state index contributed by atoms with van der Waals surface area (Å²) in [5.41, 5.74) is 2.08. The van der Waals surface area contributed by atoms with Crippen molar-refractivity contribution >= 4 is 8.58 Å². The van der Waals surface area contributed by atoms with Gasteiger partial charge in [0.2, 0.25) is 0 Å². The van der Waals surface area contributed by atoms with Crippen LogP contribution in [0.25, 0.3) is 0 Å². The molecule has 0 N–H and O–H groups in total. The molecule has 0 aromatic heterocycles. The van der Waals surface area contributed by atoms with Crippen molar-refractivity contribution < 1.29 is 0 Å². The molecule has 0 aromatic carbocycles. The fourth-order valence-electron chi connectivity index (χ4n) is 4.70. The third-order valence-corrected chi connectivity index (χ3v) is 8.20. The Bertz CT molecular complexity index is 251. The number of rotatable bonds is 2. The lowest BCUT2D eigenvalue weighted by Crippen LogP contribution is -2.10. The Kier molecular flexibility index (Phi) is 12.6. The third-order valence-electron chi connectivity index (χ3n) is 6.32. The molecule has 2 rings (SSSR count). The van der Waals surface area contributed by atoms with E-state index in [4.69, 9.17) is 0 Å². The second-order valence-electron chi connectivity index (χ2n) is 8.62. The van der Waals surface area contributed by atoms with Gasteiger partial charge in [-0.3, -0.25) is 0 Å². The lowest BCUT2D eigenvalue weighted by molar-refractivity contribution is 0.505. The van der Waals surface area contributed by atoms with Gasteiger partial charge in [-0.25, -0.2) is 0 Å². The predicted octanol–water partition coefficient (Wildman–Crippen LogP) is 8.89. The van der Waals surface area contributed by atoms with E-state index in [0.29, 0.717) is 0 Å². The summed E-state index contributed by atoms with van der Waals surface area (Å²) in [7, 11) is 1.87. The van der Waals surface area contributed by atoms with Gasteiger partial charge in [0.15, 0.2) is 0 Å². The maximum atomic E-state index is 1.87. The van der Waals surface area contributed by atoms with Gasteiger partial charge in [0.1, 0.15) is 0 Å². The van der Waals surface area contributed by atoms with E-state index in [9.17, 15) is 0 Å². The van der Waals surface area contributed by atoms with Crippen LogP contribution in [0.15, 0.2) is 0 Å². The van der Waals surface area contributed by atoms with Crippen LogP contribution < -0.4 is 0 Å². The first-order valence-electron chi connectivity index (χ1n) is 11.6. The van der Waals surface area contributed by atoms with E-state index in [1.807, 2.05) is 8.58 Å². The molecule has 0 nitrogen and oxygen atoms in total. The summed E-state index contributed by atoms with van der Waals surface area (Å²) in [5, 5.41) is 0. The van der Waals surface area contributed by atoms with Crippen molar-refractivity contribution in [1.29, 1.82) is 0 Å². The topological polar surface area (TPSA) is 0 Å². The van der Waals surface area contributed by atoms with Crippen molar-refractivity contribution in [2.45, 2.75) is 146 Å². The Labute approximate surface area is 155 Å². The third kappa shape index (κ3) is 10.4. The van der Waals surface area contributed by atoms with Crippen molar-refractivity contribution in [2.24, 2.45) is 0 Å². The Balaban J connectivity index is 1.75. The van der Waals surface area contributed by atoms with Gasteiger partial charge in [-0.2, -0.15) is 0 Å². The van der Waals surface area contributed by atoms with Gasteiger partial charge in [-0.1, -0.05) is 118 Å². The maximum absolute atomic E-state index is 1.87. The fraction of sp³-hybridized carbons (Fsp3) is 1.00. The van der Waals surface area contributed by atoms with Crippen molar-refractivity contribution in [3.05, 3.63) is 0 Å². The average molecular weight is 352 g/mol. The first-order valence-corrected chi connectivity index (χ1v) is 12.7. The van der Waals surface area contributed by atoms with Crippen LogP contribution in [0, 0.1) is 0 Å². The average Bonchev–Trinajstić information content (AvgIpc) is 2.63. The quantitative estimate of drug-likeness (QED) is 0.436. The van der Waals surface area contributed by atoms with Gasteiger partial charge >= 0.3 is 0 Å². The van der Waals surface area contributed by atoms with E-state index in [2.05, 4.69) is 0 Å². The Morgan fingerprint density at radius 2 is 0.500 bits per heavy atom. The SMILES string of the molecule is C1CCCCCC([P]C2CCCCCCCCCC2)CCCCC1. The van der Waals surface area contributed by atoms with E-state index in [1.165, 1.54) is 135 Å². The van der Waals surface area contributed by atoms with Gasteiger partial charge < -0.3 is 0 Å². The van der Waals surface area contributed by atoms with Crippen LogP contribution in [-0.4, -0.2) is 11.3 Å². The van der Waals surface area contributed by atoms with Crippen LogP contribution in [0.3, 0.4) is 0 Å². The van der Waals surface area contributed by atoms with Crippen molar-refractivity contribution in [3.8, 4) is 0 Å². The van der Waals surface area contributed by atoms with E-state index in [-0.39, 0.29) is 0 Å². The zero-order chi connectivity index (χ0) is 16.7. The Hall–Kier alpha value is 0.430. The molecular weight excluding hydrogens is 307 g/mol. The molecule has 0 saturated heterocycles. The van der Waals surface area contributed by atoms with Gasteiger partial charge in [0.25, 0.3) is 0 Å². The molecule has 141 valence electrons. The van der Waals surface area contributed by atoms with Crippen molar-refractivity contribution in [3.63, 3.8) is 0 Å². The normalized spacial score (nSPS) is 26.5. The monoisotopic (exact) mass is 351 g/mol. The van der Waals surface area contributed by atoms with Crippen LogP contribution in [0.4, 0.5) is 0 Å². The number of hydrogen-bond donors (Lipinski definition) is 0. The first kappa shape index (κ1) is 20.7. The molecule has 0 bridgehead atoms. The summed E-state index contributed by atoms with van der Waals surface area (Å²) in [6, 6.07) is 0. The van der Waals surface area contributed by atoms with E-state index < -0.39 is 0 Å². The minimum Gasteiger partial charge on any atom is -0.0741 e. The molecule has 1 heteroatoms. The van der Waals surface area contributed by atoms with E-state index in [0.717, 1.165) is 11.3 Å². The summed E-state index contributed by atoms with van der Waals surface area (Å²) < 4.78 is 0. The molecule has 2 aliphatic carbocycles. The molecule has 1 radical (unpaired) electrons. The largest absolute Gasteiger partial charge is 0.0741 e. The van der Waals surface area contributed by atoms with Gasteiger partial charge in [0, 0.05) is 0 Å². The maximum Gasteiger partial charge on any atom is -0.0168 e. The molecule has 2 saturated carbocycles. The number of hydrogen-bond acceptors (Lipinski definition) is 0. The van der Waals surface area contributed by atoms with Crippen LogP contribution in [0.5, 0.6) is 0 Å². The smallest absolute Gasteiger partial charge is 0.0168 e. The molecule has 0 amide bonds. The zero-order valence-corrected chi connectivity index (χ0v) is 17.3. The van der Waals surface area contributed by atoms with E-state index in [1.54, 1.807) is 0 Å². The summed E-state index contributed by atoms with van der Waals surface area (Å²) in [4.78, 5) is 0. The molecule has 2 aliphatic rings. The van der Waals surface area contributed by atoms with Crippen LogP contribution >= 0.6 is 8.58 Å². The standard InChI is InChI=1S/C23H44P/c1-2-6-10-14-18-22(19-15-11-7-3-1)24-23-20-16-12-8-4-5-9-13-17-21-23/h22-23H,1-21H2. The molecule has 0 atom stereocenters. The highest BCUT2D eigenvalue weighted by Crippen LogP contribution is 2.38. The summed E-state index contributed by atoms with van der Waals surface area (Å²) in [6.07, 6.45) is 31.8. The highest BCUT2D eigenvalue weighted by molar-refractivity contribution is 7.39. The van der Waals surface area contributed by atoms with Crippen molar-refractivity contribution in [2.75, 3.05) is 0 Å². The second kappa shape index (κ2) is 14.6. The van der Waals surface area contributed by atoms with Crippen LogP contribution in [0.2, 0.25) is 0 Å². The van der Waals surface area contributed by atoms with Crippen LogP contribution in [0.1, 0.15) is 135 Å². The lowest BCUT2D eigenvalue weighted by atomic mass is 10.0.